The molecule has 0 saturated carbocycles. The Hall–Kier alpha value is -1.14. The van der Waals surface area contributed by atoms with E-state index >= 15 is 0 Å². The quantitative estimate of drug-likeness (QED) is 0.875. The van der Waals surface area contributed by atoms with E-state index in [1.165, 1.54) is 11.3 Å². The minimum atomic E-state index is -0.584. The van der Waals surface area contributed by atoms with Gasteiger partial charge in [-0.2, -0.15) is 0 Å². The van der Waals surface area contributed by atoms with Crippen LogP contribution in [-0.2, 0) is 0 Å². The second-order valence-electron chi connectivity index (χ2n) is 2.86. The lowest BCUT2D eigenvalue weighted by Gasteiger charge is -2.03. The highest BCUT2D eigenvalue weighted by Crippen LogP contribution is 2.34. The van der Waals surface area contributed by atoms with E-state index in [0.29, 0.717) is 15.9 Å². The van der Waals surface area contributed by atoms with Gasteiger partial charge < -0.3 is 9.52 Å². The summed E-state index contributed by atoms with van der Waals surface area (Å²) >= 11 is 4.49. The van der Waals surface area contributed by atoms with Crippen LogP contribution in [0.3, 0.4) is 0 Å². The maximum absolute atomic E-state index is 11.5. The fourth-order valence-electron chi connectivity index (χ4n) is 1.17. The zero-order valence-corrected chi connectivity index (χ0v) is 10.1. The van der Waals surface area contributed by atoms with Gasteiger partial charge in [0.15, 0.2) is 0 Å². The third-order valence-electron chi connectivity index (χ3n) is 1.89. The first-order chi connectivity index (χ1) is 7.11. The van der Waals surface area contributed by atoms with Gasteiger partial charge in [-0.3, -0.25) is 0 Å². The summed E-state index contributed by atoms with van der Waals surface area (Å²) in [7, 11) is 0. The molecule has 0 aliphatic carbocycles. The molecule has 0 saturated heterocycles. The van der Waals surface area contributed by atoms with Gasteiger partial charge in [0, 0.05) is 5.38 Å². The molecule has 0 aliphatic rings. The van der Waals surface area contributed by atoms with Crippen LogP contribution in [0.2, 0.25) is 0 Å². The van der Waals surface area contributed by atoms with Crippen LogP contribution in [0.15, 0.2) is 24.6 Å². The molecule has 78 valence electrons. The van der Waals surface area contributed by atoms with Gasteiger partial charge in [-0.15, -0.1) is 11.3 Å². The normalized spacial score (nSPS) is 10.5. The molecule has 2 heterocycles. The monoisotopic (exact) mass is 287 g/mol. The lowest BCUT2D eigenvalue weighted by atomic mass is 10.2. The number of halogens is 1. The molecule has 0 spiro atoms. The van der Waals surface area contributed by atoms with Crippen molar-refractivity contribution >= 4 is 27.3 Å². The Kier molecular flexibility index (Phi) is 2.62. The first kappa shape index (κ1) is 10.4. The minimum Gasteiger partial charge on any atom is -0.506 e. The van der Waals surface area contributed by atoms with Crippen molar-refractivity contribution in [1.82, 2.24) is 4.98 Å². The van der Waals surface area contributed by atoms with Gasteiger partial charge in [-0.1, -0.05) is 0 Å². The van der Waals surface area contributed by atoms with Gasteiger partial charge in [0.05, 0.1) is 15.7 Å². The third kappa shape index (κ3) is 1.70. The third-order valence-corrected chi connectivity index (χ3v) is 3.41. The minimum absolute atomic E-state index is 0.0914. The van der Waals surface area contributed by atoms with E-state index in [0.717, 1.165) is 0 Å². The highest BCUT2D eigenvalue weighted by Gasteiger charge is 2.18. The highest BCUT2D eigenvalue weighted by molar-refractivity contribution is 9.10. The van der Waals surface area contributed by atoms with E-state index in [9.17, 15) is 9.90 Å². The van der Waals surface area contributed by atoms with Crippen LogP contribution in [0.5, 0.6) is 5.75 Å². The largest absolute Gasteiger partial charge is 0.506 e. The standard InChI is InChI=1S/C9H6BrNO3S/c1-4-7(10)8(12)6(9(13)14-4)5-2-15-3-11-5/h2-3,12H,1H3. The van der Waals surface area contributed by atoms with Crippen molar-refractivity contribution in [2.75, 3.05) is 0 Å². The van der Waals surface area contributed by atoms with Crippen LogP contribution in [0.25, 0.3) is 11.3 Å². The van der Waals surface area contributed by atoms with E-state index < -0.39 is 5.63 Å². The van der Waals surface area contributed by atoms with Gasteiger partial charge in [0.1, 0.15) is 17.1 Å². The molecular formula is C9H6BrNO3S. The van der Waals surface area contributed by atoms with E-state index in [2.05, 4.69) is 20.9 Å². The second-order valence-corrected chi connectivity index (χ2v) is 4.37. The van der Waals surface area contributed by atoms with Crippen LogP contribution in [-0.4, -0.2) is 10.1 Å². The van der Waals surface area contributed by atoms with Gasteiger partial charge >= 0.3 is 5.63 Å². The molecule has 0 bridgehead atoms. The molecule has 4 nitrogen and oxygen atoms in total. The molecule has 2 aromatic heterocycles. The fourth-order valence-corrected chi connectivity index (χ4v) is 1.99. The number of nitrogens with zero attached hydrogens (tertiary/aromatic N) is 1. The predicted molar refractivity (Wildman–Crippen MR) is 60.2 cm³/mol. The topological polar surface area (TPSA) is 63.3 Å². The van der Waals surface area contributed by atoms with E-state index in [4.69, 9.17) is 4.42 Å². The number of aromatic hydroxyl groups is 1. The fraction of sp³-hybridized carbons (Fsp3) is 0.111. The second kappa shape index (κ2) is 3.79. The lowest BCUT2D eigenvalue weighted by molar-refractivity contribution is 0.432. The predicted octanol–water partition coefficient (Wildman–Crippen LogP) is 2.54. The molecule has 2 rings (SSSR count). The molecule has 1 N–H and O–H groups in total. The Morgan fingerprint density at radius 2 is 2.33 bits per heavy atom. The average molecular weight is 288 g/mol. The summed E-state index contributed by atoms with van der Waals surface area (Å²) in [6, 6.07) is 0. The zero-order chi connectivity index (χ0) is 11.0. The summed E-state index contributed by atoms with van der Waals surface area (Å²) in [5.41, 5.74) is 1.52. The Morgan fingerprint density at radius 1 is 1.60 bits per heavy atom. The molecule has 0 aromatic carbocycles. The SMILES string of the molecule is Cc1oc(=O)c(-c2cscn2)c(O)c1Br. The molecule has 0 atom stereocenters. The van der Waals surface area contributed by atoms with E-state index in [1.807, 2.05) is 0 Å². The Labute approximate surface area is 97.3 Å². The molecule has 0 amide bonds. The van der Waals surface area contributed by atoms with Crippen molar-refractivity contribution in [2.45, 2.75) is 6.92 Å². The van der Waals surface area contributed by atoms with Crippen LogP contribution in [0.1, 0.15) is 5.76 Å². The summed E-state index contributed by atoms with van der Waals surface area (Å²) in [6.07, 6.45) is 0. The van der Waals surface area contributed by atoms with E-state index in [1.54, 1.807) is 17.8 Å². The van der Waals surface area contributed by atoms with Crippen LogP contribution in [0.4, 0.5) is 0 Å². The number of hydrogen-bond acceptors (Lipinski definition) is 5. The number of thiazole rings is 1. The summed E-state index contributed by atoms with van der Waals surface area (Å²) in [5.74, 6) is 0.214. The maximum Gasteiger partial charge on any atom is 0.349 e. The van der Waals surface area contributed by atoms with Crippen LogP contribution in [0, 0.1) is 6.92 Å². The molecule has 0 fully saturated rings. The Bertz CT molecular complexity index is 547. The molecule has 15 heavy (non-hydrogen) atoms. The number of rotatable bonds is 1. The zero-order valence-electron chi connectivity index (χ0n) is 7.65. The summed E-state index contributed by atoms with van der Waals surface area (Å²) in [6.45, 7) is 1.59. The van der Waals surface area contributed by atoms with Crippen molar-refractivity contribution in [3.8, 4) is 17.0 Å². The first-order valence-corrected chi connectivity index (χ1v) is 5.75. The molecule has 0 radical (unpaired) electrons. The highest BCUT2D eigenvalue weighted by atomic mass is 79.9. The van der Waals surface area contributed by atoms with Crippen LogP contribution < -0.4 is 5.63 Å². The number of aromatic nitrogens is 1. The smallest absolute Gasteiger partial charge is 0.349 e. The molecule has 0 unspecified atom stereocenters. The molecular weight excluding hydrogens is 282 g/mol. The molecule has 0 aliphatic heterocycles. The van der Waals surface area contributed by atoms with Gasteiger partial charge in [0.25, 0.3) is 0 Å². The van der Waals surface area contributed by atoms with Crippen molar-refractivity contribution in [2.24, 2.45) is 0 Å². The maximum atomic E-state index is 11.5. The lowest BCUT2D eigenvalue weighted by Crippen LogP contribution is -2.05. The summed E-state index contributed by atoms with van der Waals surface area (Å²) in [5, 5.41) is 11.5. The Morgan fingerprint density at radius 3 is 2.93 bits per heavy atom. The Balaban J connectivity index is 2.78. The van der Waals surface area contributed by atoms with E-state index in [-0.39, 0.29) is 11.3 Å². The van der Waals surface area contributed by atoms with Crippen molar-refractivity contribution in [3.05, 3.63) is 31.5 Å². The van der Waals surface area contributed by atoms with Gasteiger partial charge in [-0.25, -0.2) is 9.78 Å². The van der Waals surface area contributed by atoms with Crippen molar-refractivity contribution in [1.29, 1.82) is 0 Å². The summed E-state index contributed by atoms with van der Waals surface area (Å²) < 4.78 is 5.33. The number of aryl methyl sites for hydroxylation is 1. The number of hydrogen-bond donors (Lipinski definition) is 1. The van der Waals surface area contributed by atoms with Crippen LogP contribution >= 0.6 is 27.3 Å². The molecule has 6 heteroatoms. The average Bonchev–Trinajstić information content (AvgIpc) is 2.68. The first-order valence-electron chi connectivity index (χ1n) is 4.02. The van der Waals surface area contributed by atoms with Gasteiger partial charge in [0.2, 0.25) is 0 Å². The molecule has 2 aromatic rings. The van der Waals surface area contributed by atoms with Crippen molar-refractivity contribution < 1.29 is 9.52 Å². The van der Waals surface area contributed by atoms with Crippen molar-refractivity contribution in [3.63, 3.8) is 0 Å². The van der Waals surface area contributed by atoms with Gasteiger partial charge in [-0.05, 0) is 22.9 Å². The summed E-state index contributed by atoms with van der Waals surface area (Å²) in [4.78, 5) is 15.5.